The predicted molar refractivity (Wildman–Crippen MR) is 71.5 cm³/mol. The van der Waals surface area contributed by atoms with Crippen molar-refractivity contribution < 1.29 is 13.6 Å². The molecule has 2 nitrogen and oxygen atoms in total. The summed E-state index contributed by atoms with van der Waals surface area (Å²) in [4.78, 5) is 16.4. The molecular formula is C16H9F2NO. The van der Waals surface area contributed by atoms with Crippen molar-refractivity contribution >= 4 is 16.7 Å². The lowest BCUT2D eigenvalue weighted by atomic mass is 10.0. The van der Waals surface area contributed by atoms with Crippen LogP contribution in [-0.4, -0.2) is 10.8 Å². The highest BCUT2D eigenvalue weighted by atomic mass is 19.1. The van der Waals surface area contributed by atoms with E-state index in [2.05, 4.69) is 4.98 Å². The first-order chi connectivity index (χ1) is 9.63. The van der Waals surface area contributed by atoms with E-state index in [0.717, 1.165) is 29.1 Å². The Morgan fingerprint density at radius 2 is 1.65 bits per heavy atom. The molecule has 0 amide bonds. The molecule has 0 aliphatic carbocycles. The second-order valence-corrected chi connectivity index (χ2v) is 4.40. The van der Waals surface area contributed by atoms with Crippen LogP contribution in [0.5, 0.6) is 0 Å². The number of fused-ring (bicyclic) bond motifs is 1. The first kappa shape index (κ1) is 12.4. The van der Waals surface area contributed by atoms with Crippen molar-refractivity contribution in [2.75, 3.05) is 0 Å². The number of benzene rings is 2. The minimum atomic E-state index is -0.768. The van der Waals surface area contributed by atoms with Gasteiger partial charge >= 0.3 is 0 Å². The standard InChI is InChI=1S/C16H9F2NO/c17-13-7-12(8-14(18)9-13)16(20)11-3-4-15-10(6-11)2-1-5-19-15/h1-9H. The van der Waals surface area contributed by atoms with Crippen LogP contribution in [0.2, 0.25) is 0 Å². The fourth-order valence-electron chi connectivity index (χ4n) is 2.07. The van der Waals surface area contributed by atoms with E-state index in [1.807, 2.05) is 6.07 Å². The average molecular weight is 269 g/mol. The van der Waals surface area contributed by atoms with Crippen molar-refractivity contribution in [3.8, 4) is 0 Å². The molecule has 0 aliphatic heterocycles. The number of carbonyl (C=O) groups is 1. The Morgan fingerprint density at radius 1 is 0.900 bits per heavy atom. The second kappa shape index (κ2) is 4.81. The van der Waals surface area contributed by atoms with Crippen molar-refractivity contribution in [1.82, 2.24) is 4.98 Å². The Hall–Kier alpha value is -2.62. The predicted octanol–water partition coefficient (Wildman–Crippen LogP) is 3.74. The molecule has 0 saturated heterocycles. The Bertz CT molecular complexity index is 794. The van der Waals surface area contributed by atoms with Crippen LogP contribution in [0, 0.1) is 11.6 Å². The van der Waals surface area contributed by atoms with E-state index in [-0.39, 0.29) is 5.56 Å². The van der Waals surface area contributed by atoms with E-state index in [1.165, 1.54) is 0 Å². The summed E-state index contributed by atoms with van der Waals surface area (Å²) in [5.74, 6) is -1.96. The molecule has 0 aliphatic rings. The van der Waals surface area contributed by atoms with Crippen molar-refractivity contribution in [2.24, 2.45) is 0 Å². The largest absolute Gasteiger partial charge is 0.289 e. The molecule has 0 radical (unpaired) electrons. The van der Waals surface area contributed by atoms with Crippen LogP contribution >= 0.6 is 0 Å². The zero-order chi connectivity index (χ0) is 14.1. The van der Waals surface area contributed by atoms with E-state index < -0.39 is 17.4 Å². The molecule has 4 heteroatoms. The number of ketones is 1. The number of rotatable bonds is 2. The first-order valence-electron chi connectivity index (χ1n) is 5.99. The highest BCUT2D eigenvalue weighted by Crippen LogP contribution is 2.18. The summed E-state index contributed by atoms with van der Waals surface area (Å²) in [5.41, 5.74) is 1.12. The monoisotopic (exact) mass is 269 g/mol. The van der Waals surface area contributed by atoms with Gasteiger partial charge in [0.25, 0.3) is 0 Å². The molecule has 0 atom stereocenters. The van der Waals surface area contributed by atoms with Gasteiger partial charge in [0, 0.05) is 28.8 Å². The summed E-state index contributed by atoms with van der Waals surface area (Å²) < 4.78 is 26.3. The number of halogens is 2. The van der Waals surface area contributed by atoms with Crippen LogP contribution in [0.25, 0.3) is 10.9 Å². The number of pyridine rings is 1. The molecule has 1 heterocycles. The Kier molecular flexibility index (Phi) is 2.99. The van der Waals surface area contributed by atoms with Crippen LogP contribution in [0.3, 0.4) is 0 Å². The van der Waals surface area contributed by atoms with Crippen molar-refractivity contribution in [1.29, 1.82) is 0 Å². The fraction of sp³-hybridized carbons (Fsp3) is 0. The molecule has 0 spiro atoms. The van der Waals surface area contributed by atoms with Crippen molar-refractivity contribution in [3.63, 3.8) is 0 Å². The van der Waals surface area contributed by atoms with Gasteiger partial charge in [-0.1, -0.05) is 6.07 Å². The van der Waals surface area contributed by atoms with Crippen LogP contribution < -0.4 is 0 Å². The molecule has 20 heavy (non-hydrogen) atoms. The Morgan fingerprint density at radius 3 is 2.40 bits per heavy atom. The van der Waals surface area contributed by atoms with Gasteiger partial charge in [-0.3, -0.25) is 9.78 Å². The van der Waals surface area contributed by atoms with Gasteiger partial charge in [0.15, 0.2) is 5.78 Å². The van der Waals surface area contributed by atoms with Crippen LogP contribution in [-0.2, 0) is 0 Å². The van der Waals surface area contributed by atoms with Gasteiger partial charge in [0.1, 0.15) is 11.6 Å². The van der Waals surface area contributed by atoms with E-state index >= 15 is 0 Å². The number of hydrogen-bond acceptors (Lipinski definition) is 2. The minimum absolute atomic E-state index is 0.00857. The third kappa shape index (κ3) is 2.28. The molecular weight excluding hydrogens is 260 g/mol. The molecule has 98 valence electrons. The maximum Gasteiger partial charge on any atom is 0.193 e. The maximum atomic E-state index is 13.2. The molecule has 2 aromatic carbocycles. The average Bonchev–Trinajstić information content (AvgIpc) is 2.45. The quantitative estimate of drug-likeness (QED) is 0.663. The topological polar surface area (TPSA) is 30.0 Å². The third-order valence-corrected chi connectivity index (χ3v) is 2.99. The zero-order valence-corrected chi connectivity index (χ0v) is 10.3. The smallest absolute Gasteiger partial charge is 0.193 e. The zero-order valence-electron chi connectivity index (χ0n) is 10.3. The second-order valence-electron chi connectivity index (χ2n) is 4.40. The SMILES string of the molecule is O=C(c1cc(F)cc(F)c1)c1ccc2ncccc2c1. The lowest BCUT2D eigenvalue weighted by molar-refractivity contribution is 0.103. The fourth-order valence-corrected chi connectivity index (χ4v) is 2.07. The van der Waals surface area contributed by atoms with Crippen LogP contribution in [0.4, 0.5) is 8.78 Å². The molecule has 0 fully saturated rings. The molecule has 0 bridgehead atoms. The van der Waals surface area contributed by atoms with Crippen molar-refractivity contribution in [2.45, 2.75) is 0 Å². The van der Waals surface area contributed by atoms with Gasteiger partial charge in [0.2, 0.25) is 0 Å². The lowest BCUT2D eigenvalue weighted by Crippen LogP contribution is -2.02. The maximum absolute atomic E-state index is 13.2. The van der Waals surface area contributed by atoms with Crippen LogP contribution in [0.15, 0.2) is 54.7 Å². The van der Waals surface area contributed by atoms with Gasteiger partial charge in [-0.2, -0.15) is 0 Å². The summed E-state index contributed by atoms with van der Waals surface area (Å²) >= 11 is 0. The first-order valence-corrected chi connectivity index (χ1v) is 5.99. The Balaban J connectivity index is 2.07. The summed E-state index contributed by atoms with van der Waals surface area (Å²) in [5, 5.41) is 0.801. The van der Waals surface area contributed by atoms with Gasteiger partial charge in [-0.15, -0.1) is 0 Å². The molecule has 0 unspecified atom stereocenters. The minimum Gasteiger partial charge on any atom is -0.289 e. The molecule has 0 N–H and O–H groups in total. The highest BCUT2D eigenvalue weighted by molar-refractivity contribution is 6.10. The highest BCUT2D eigenvalue weighted by Gasteiger charge is 2.12. The van der Waals surface area contributed by atoms with E-state index in [9.17, 15) is 13.6 Å². The molecule has 3 rings (SSSR count). The van der Waals surface area contributed by atoms with Crippen LogP contribution in [0.1, 0.15) is 15.9 Å². The van der Waals surface area contributed by atoms with E-state index in [4.69, 9.17) is 0 Å². The molecule has 3 aromatic rings. The molecule has 1 aromatic heterocycles. The number of nitrogens with zero attached hydrogens (tertiary/aromatic N) is 1. The van der Waals surface area contributed by atoms with Gasteiger partial charge in [-0.25, -0.2) is 8.78 Å². The van der Waals surface area contributed by atoms with Crippen molar-refractivity contribution in [3.05, 3.63) is 77.5 Å². The third-order valence-electron chi connectivity index (χ3n) is 2.99. The summed E-state index contributed by atoms with van der Waals surface area (Å²) in [6.45, 7) is 0. The summed E-state index contributed by atoms with van der Waals surface area (Å²) in [7, 11) is 0. The van der Waals surface area contributed by atoms with E-state index in [1.54, 1.807) is 30.5 Å². The normalized spacial score (nSPS) is 10.7. The summed E-state index contributed by atoms with van der Waals surface area (Å²) in [6, 6.07) is 11.3. The van der Waals surface area contributed by atoms with Gasteiger partial charge in [-0.05, 0) is 36.4 Å². The summed E-state index contributed by atoms with van der Waals surface area (Å²) in [6.07, 6.45) is 1.66. The number of aromatic nitrogens is 1. The van der Waals surface area contributed by atoms with Gasteiger partial charge in [0.05, 0.1) is 5.52 Å². The number of hydrogen-bond donors (Lipinski definition) is 0. The lowest BCUT2D eigenvalue weighted by Gasteiger charge is -2.04. The number of carbonyl (C=O) groups excluding carboxylic acids is 1. The van der Waals surface area contributed by atoms with E-state index in [0.29, 0.717) is 5.56 Å². The van der Waals surface area contributed by atoms with Gasteiger partial charge < -0.3 is 0 Å². The molecule has 0 saturated carbocycles. The Labute approximate surface area is 113 Å².